The van der Waals surface area contributed by atoms with Gasteiger partial charge in [-0.25, -0.2) is 9.37 Å². The zero-order valence-electron chi connectivity index (χ0n) is 9.74. The molecule has 0 aliphatic carbocycles. The van der Waals surface area contributed by atoms with Crippen LogP contribution in [-0.2, 0) is 11.3 Å². The number of ether oxygens (including phenoxy) is 1. The smallest absolute Gasteiger partial charge is 0.170 e. The first-order valence-corrected chi connectivity index (χ1v) is 5.31. The Labute approximate surface area is 95.2 Å². The number of pyridine rings is 1. The van der Waals surface area contributed by atoms with E-state index in [2.05, 4.69) is 4.98 Å². The third-order valence-corrected chi connectivity index (χ3v) is 2.42. The number of anilines is 1. The molecule has 1 aromatic heterocycles. The van der Waals surface area contributed by atoms with Crippen molar-refractivity contribution in [2.45, 2.75) is 13.5 Å². The summed E-state index contributed by atoms with van der Waals surface area (Å²) in [5.41, 5.74) is 5.94. The maximum atomic E-state index is 13.9. The van der Waals surface area contributed by atoms with E-state index in [1.807, 2.05) is 11.8 Å². The summed E-state index contributed by atoms with van der Waals surface area (Å²) in [6.45, 7) is 3.98. The molecule has 1 heterocycles. The molecule has 0 saturated carbocycles. The summed E-state index contributed by atoms with van der Waals surface area (Å²) in [5, 5.41) is 0. The van der Waals surface area contributed by atoms with Crippen molar-refractivity contribution in [2.24, 2.45) is 5.73 Å². The van der Waals surface area contributed by atoms with Gasteiger partial charge in [0.25, 0.3) is 0 Å². The number of hydrogen-bond donors (Lipinski definition) is 1. The zero-order valence-corrected chi connectivity index (χ0v) is 9.74. The van der Waals surface area contributed by atoms with Gasteiger partial charge >= 0.3 is 0 Å². The second kappa shape index (κ2) is 6.40. The Hall–Kier alpha value is -1.20. The van der Waals surface area contributed by atoms with E-state index in [1.165, 1.54) is 0 Å². The topological polar surface area (TPSA) is 51.4 Å². The first kappa shape index (κ1) is 12.9. The maximum Gasteiger partial charge on any atom is 0.170 e. The van der Waals surface area contributed by atoms with Crippen molar-refractivity contribution in [3.8, 4) is 0 Å². The predicted molar refractivity (Wildman–Crippen MR) is 61.8 cm³/mol. The summed E-state index contributed by atoms with van der Waals surface area (Å²) >= 11 is 0. The Morgan fingerprint density at radius 3 is 2.88 bits per heavy atom. The SMILES string of the molecule is CCN(CCOC)c1nccc(CN)c1F. The molecule has 0 saturated heterocycles. The fourth-order valence-corrected chi connectivity index (χ4v) is 1.46. The lowest BCUT2D eigenvalue weighted by Crippen LogP contribution is -2.29. The van der Waals surface area contributed by atoms with Gasteiger partial charge in [-0.05, 0) is 13.0 Å². The van der Waals surface area contributed by atoms with Crippen molar-refractivity contribution in [2.75, 3.05) is 31.7 Å². The molecule has 0 atom stereocenters. The molecule has 0 amide bonds. The molecule has 0 unspecified atom stereocenters. The molecular weight excluding hydrogens is 209 g/mol. The third kappa shape index (κ3) is 2.90. The molecule has 0 fully saturated rings. The van der Waals surface area contributed by atoms with E-state index in [-0.39, 0.29) is 12.4 Å². The van der Waals surface area contributed by atoms with Crippen LogP contribution in [0.25, 0.3) is 0 Å². The molecule has 5 heteroatoms. The number of halogens is 1. The van der Waals surface area contributed by atoms with Gasteiger partial charge in [0, 0.05) is 38.5 Å². The molecule has 1 rings (SSSR count). The van der Waals surface area contributed by atoms with Crippen LogP contribution in [0.2, 0.25) is 0 Å². The highest BCUT2D eigenvalue weighted by Gasteiger charge is 2.13. The van der Waals surface area contributed by atoms with Crippen molar-refractivity contribution in [1.29, 1.82) is 0 Å². The minimum atomic E-state index is -0.331. The molecule has 0 spiro atoms. The van der Waals surface area contributed by atoms with Crippen LogP contribution in [0.3, 0.4) is 0 Å². The minimum absolute atomic E-state index is 0.184. The predicted octanol–water partition coefficient (Wildman–Crippen LogP) is 1.15. The summed E-state index contributed by atoms with van der Waals surface area (Å²) in [5.74, 6) is 0.0189. The highest BCUT2D eigenvalue weighted by atomic mass is 19.1. The number of methoxy groups -OCH3 is 1. The molecule has 16 heavy (non-hydrogen) atoms. The molecule has 90 valence electrons. The molecule has 0 radical (unpaired) electrons. The normalized spacial score (nSPS) is 10.5. The first-order valence-electron chi connectivity index (χ1n) is 5.31. The fraction of sp³-hybridized carbons (Fsp3) is 0.545. The average molecular weight is 227 g/mol. The number of nitrogens with two attached hydrogens (primary N) is 1. The number of aromatic nitrogens is 1. The van der Waals surface area contributed by atoms with Crippen molar-refractivity contribution >= 4 is 5.82 Å². The Morgan fingerprint density at radius 2 is 2.31 bits per heavy atom. The number of likely N-dealkylation sites (N-methyl/N-ethyl adjacent to an activating group) is 1. The Bertz CT molecular complexity index is 333. The van der Waals surface area contributed by atoms with E-state index in [0.29, 0.717) is 31.1 Å². The van der Waals surface area contributed by atoms with Crippen molar-refractivity contribution < 1.29 is 9.13 Å². The van der Waals surface area contributed by atoms with Crippen molar-refractivity contribution in [3.05, 3.63) is 23.6 Å². The van der Waals surface area contributed by atoms with Gasteiger partial charge in [-0.15, -0.1) is 0 Å². The van der Waals surface area contributed by atoms with Crippen LogP contribution in [0.1, 0.15) is 12.5 Å². The molecule has 0 aromatic carbocycles. The highest BCUT2D eigenvalue weighted by Crippen LogP contribution is 2.18. The van der Waals surface area contributed by atoms with Gasteiger partial charge in [-0.1, -0.05) is 0 Å². The molecule has 1 aromatic rings. The molecule has 0 aliphatic heterocycles. The summed E-state index contributed by atoms with van der Waals surface area (Å²) < 4.78 is 18.9. The van der Waals surface area contributed by atoms with E-state index < -0.39 is 0 Å². The summed E-state index contributed by atoms with van der Waals surface area (Å²) in [4.78, 5) is 5.88. The molecular formula is C11H18FN3O. The fourth-order valence-electron chi connectivity index (χ4n) is 1.46. The summed E-state index contributed by atoms with van der Waals surface area (Å²) in [6, 6.07) is 1.60. The lowest BCUT2D eigenvalue weighted by Gasteiger charge is -2.22. The van der Waals surface area contributed by atoms with Crippen LogP contribution in [0.4, 0.5) is 10.2 Å². The molecule has 2 N–H and O–H groups in total. The maximum absolute atomic E-state index is 13.9. The number of nitrogens with zero attached hydrogens (tertiary/aromatic N) is 2. The van der Waals surface area contributed by atoms with Crippen LogP contribution in [0, 0.1) is 5.82 Å². The van der Waals surface area contributed by atoms with Crippen LogP contribution in [0.5, 0.6) is 0 Å². The quantitative estimate of drug-likeness (QED) is 0.792. The average Bonchev–Trinajstić information content (AvgIpc) is 2.32. The van der Waals surface area contributed by atoms with E-state index in [1.54, 1.807) is 19.4 Å². The zero-order chi connectivity index (χ0) is 12.0. The van der Waals surface area contributed by atoms with E-state index in [4.69, 9.17) is 10.5 Å². The van der Waals surface area contributed by atoms with E-state index >= 15 is 0 Å². The monoisotopic (exact) mass is 227 g/mol. The van der Waals surface area contributed by atoms with Gasteiger partial charge in [0.1, 0.15) is 0 Å². The second-order valence-corrected chi connectivity index (χ2v) is 3.38. The van der Waals surface area contributed by atoms with Gasteiger partial charge in [-0.3, -0.25) is 0 Å². The summed E-state index contributed by atoms with van der Waals surface area (Å²) in [6.07, 6.45) is 1.58. The second-order valence-electron chi connectivity index (χ2n) is 3.38. The Morgan fingerprint density at radius 1 is 1.56 bits per heavy atom. The third-order valence-electron chi connectivity index (χ3n) is 2.42. The van der Waals surface area contributed by atoms with Crippen molar-refractivity contribution in [3.63, 3.8) is 0 Å². The number of rotatable bonds is 6. The first-order chi connectivity index (χ1) is 7.74. The standard InChI is InChI=1S/C11H18FN3O/c1-3-15(6-7-16-2)11-10(12)9(8-13)4-5-14-11/h4-5H,3,6-8,13H2,1-2H3. The van der Waals surface area contributed by atoms with Gasteiger partial charge in [-0.2, -0.15) is 0 Å². The molecule has 4 nitrogen and oxygen atoms in total. The largest absolute Gasteiger partial charge is 0.383 e. The highest BCUT2D eigenvalue weighted by molar-refractivity contribution is 5.42. The Balaban J connectivity index is 2.91. The van der Waals surface area contributed by atoms with Gasteiger partial charge < -0.3 is 15.4 Å². The van der Waals surface area contributed by atoms with Gasteiger partial charge in [0.2, 0.25) is 0 Å². The lowest BCUT2D eigenvalue weighted by molar-refractivity contribution is 0.205. The van der Waals surface area contributed by atoms with E-state index in [0.717, 1.165) is 0 Å². The summed E-state index contributed by atoms with van der Waals surface area (Å²) in [7, 11) is 1.62. The number of hydrogen-bond acceptors (Lipinski definition) is 4. The van der Waals surface area contributed by atoms with E-state index in [9.17, 15) is 4.39 Å². The van der Waals surface area contributed by atoms with Crippen LogP contribution >= 0.6 is 0 Å². The Kier molecular flexibility index (Phi) is 5.14. The van der Waals surface area contributed by atoms with Crippen LogP contribution in [-0.4, -0.2) is 31.8 Å². The van der Waals surface area contributed by atoms with Gasteiger partial charge in [0.05, 0.1) is 6.61 Å². The minimum Gasteiger partial charge on any atom is -0.383 e. The lowest BCUT2D eigenvalue weighted by atomic mass is 10.2. The van der Waals surface area contributed by atoms with Crippen LogP contribution in [0.15, 0.2) is 12.3 Å². The van der Waals surface area contributed by atoms with Gasteiger partial charge in [0.15, 0.2) is 11.6 Å². The van der Waals surface area contributed by atoms with Crippen molar-refractivity contribution in [1.82, 2.24) is 4.98 Å². The molecule has 0 aliphatic rings. The molecule has 0 bridgehead atoms. The van der Waals surface area contributed by atoms with Crippen LogP contribution < -0.4 is 10.6 Å².